The van der Waals surface area contributed by atoms with Crippen molar-refractivity contribution in [1.82, 2.24) is 9.78 Å². The minimum Gasteiger partial charge on any atom is -0.310 e. The quantitative estimate of drug-likeness (QED) is 0.513. The highest BCUT2D eigenvalue weighted by Crippen LogP contribution is 2.32. The van der Waals surface area contributed by atoms with Crippen LogP contribution in [0.2, 0.25) is 0 Å². The molecule has 0 aliphatic carbocycles. The number of thioether (sulfide) groups is 1. The Morgan fingerprint density at radius 3 is 2.63 bits per heavy atom. The summed E-state index contributed by atoms with van der Waals surface area (Å²) >= 11 is 4.77. The number of aromatic nitrogens is 2. The number of amides is 1. The Balaban J connectivity index is 1.69. The molecule has 140 valence electrons. The average molecular weight is 448 g/mol. The molecule has 0 atom stereocenters. The van der Waals surface area contributed by atoms with E-state index < -0.39 is 0 Å². The molecule has 27 heavy (non-hydrogen) atoms. The zero-order valence-electron chi connectivity index (χ0n) is 15.0. The fourth-order valence-corrected chi connectivity index (χ4v) is 3.93. The summed E-state index contributed by atoms with van der Waals surface area (Å²) in [5, 5.41) is 7.39. The molecule has 3 rings (SSSR count). The van der Waals surface area contributed by atoms with E-state index in [2.05, 4.69) is 26.3 Å². The van der Waals surface area contributed by atoms with E-state index in [1.807, 2.05) is 31.2 Å². The van der Waals surface area contributed by atoms with Gasteiger partial charge >= 0.3 is 0 Å². The lowest BCUT2D eigenvalue weighted by molar-refractivity contribution is -0.115. The van der Waals surface area contributed by atoms with Crippen molar-refractivity contribution in [2.24, 2.45) is 7.05 Å². The number of nitrogens with one attached hydrogen (secondary N) is 1. The fraction of sp³-hybridized carbons (Fsp3) is 0.200. The van der Waals surface area contributed by atoms with Crippen molar-refractivity contribution in [1.29, 1.82) is 0 Å². The average Bonchev–Trinajstić information content (AvgIpc) is 2.91. The molecule has 0 bridgehead atoms. The number of hydrogen-bond acceptors (Lipinski definition) is 3. The maximum Gasteiger partial charge on any atom is 0.226 e. The van der Waals surface area contributed by atoms with Crippen molar-refractivity contribution >= 4 is 39.4 Å². The molecule has 0 aliphatic rings. The number of carbonyl (C=O) groups excluding carboxylic acids is 1. The molecule has 0 spiro atoms. The second-order valence-electron chi connectivity index (χ2n) is 6.02. The summed E-state index contributed by atoms with van der Waals surface area (Å²) < 4.78 is 16.3. The minimum absolute atomic E-state index is 0.125. The molecule has 7 heteroatoms. The molecule has 0 aliphatic heterocycles. The van der Waals surface area contributed by atoms with E-state index >= 15 is 0 Å². The highest BCUT2D eigenvalue weighted by molar-refractivity contribution is 9.10. The first kappa shape index (κ1) is 19.6. The fourth-order valence-electron chi connectivity index (χ4n) is 2.77. The lowest BCUT2D eigenvalue weighted by Crippen LogP contribution is -2.15. The SMILES string of the molecule is Cc1nn(C)c(NC(=O)CCSc2ccccc2F)c1-c1ccc(Br)cc1. The standard InChI is InChI=1S/C20H19BrFN3OS/c1-13-19(14-7-9-15(21)10-8-14)20(25(2)24-13)23-18(26)11-12-27-17-6-4-3-5-16(17)22/h3-10H,11-12H2,1-2H3,(H,23,26). The normalized spacial score (nSPS) is 10.8. The Hall–Kier alpha value is -2.12. The van der Waals surface area contributed by atoms with Crippen molar-refractivity contribution in [3.8, 4) is 11.1 Å². The summed E-state index contributed by atoms with van der Waals surface area (Å²) in [6.45, 7) is 1.92. The van der Waals surface area contributed by atoms with Crippen LogP contribution in [0.25, 0.3) is 11.1 Å². The van der Waals surface area contributed by atoms with Gasteiger partial charge in [-0.25, -0.2) is 4.39 Å². The summed E-state index contributed by atoms with van der Waals surface area (Å²) in [5.41, 5.74) is 2.73. The number of rotatable bonds is 6. The van der Waals surface area contributed by atoms with E-state index in [1.165, 1.54) is 17.8 Å². The van der Waals surface area contributed by atoms with E-state index in [9.17, 15) is 9.18 Å². The number of hydrogen-bond donors (Lipinski definition) is 1. The summed E-state index contributed by atoms with van der Waals surface area (Å²) in [6.07, 6.45) is 0.281. The largest absolute Gasteiger partial charge is 0.310 e. The molecule has 0 unspecified atom stereocenters. The highest BCUT2D eigenvalue weighted by Gasteiger charge is 2.17. The van der Waals surface area contributed by atoms with Crippen molar-refractivity contribution in [2.45, 2.75) is 18.2 Å². The second-order valence-corrected chi connectivity index (χ2v) is 8.07. The van der Waals surface area contributed by atoms with Crippen LogP contribution in [0, 0.1) is 12.7 Å². The topological polar surface area (TPSA) is 46.9 Å². The van der Waals surface area contributed by atoms with E-state index in [4.69, 9.17) is 0 Å². The van der Waals surface area contributed by atoms with Gasteiger partial charge in [0.25, 0.3) is 0 Å². The monoisotopic (exact) mass is 447 g/mol. The van der Waals surface area contributed by atoms with E-state index in [0.717, 1.165) is 21.3 Å². The second kappa shape index (κ2) is 8.71. The van der Waals surface area contributed by atoms with Crippen molar-refractivity contribution in [3.63, 3.8) is 0 Å². The molecule has 1 N–H and O–H groups in total. The molecule has 1 heterocycles. The Morgan fingerprint density at radius 2 is 1.93 bits per heavy atom. The molecule has 0 saturated carbocycles. The summed E-state index contributed by atoms with van der Waals surface area (Å²) in [4.78, 5) is 13.0. The van der Waals surface area contributed by atoms with Crippen molar-refractivity contribution in [2.75, 3.05) is 11.1 Å². The predicted octanol–water partition coefficient (Wildman–Crippen LogP) is 5.42. The van der Waals surface area contributed by atoms with Gasteiger partial charge in [0.1, 0.15) is 11.6 Å². The first-order valence-electron chi connectivity index (χ1n) is 8.42. The molecule has 4 nitrogen and oxygen atoms in total. The van der Waals surface area contributed by atoms with E-state index in [1.54, 1.807) is 29.9 Å². The third-order valence-electron chi connectivity index (χ3n) is 4.04. The zero-order chi connectivity index (χ0) is 19.4. The van der Waals surface area contributed by atoms with Gasteiger partial charge in [-0.05, 0) is 36.8 Å². The highest BCUT2D eigenvalue weighted by atomic mass is 79.9. The van der Waals surface area contributed by atoms with Crippen LogP contribution in [0.1, 0.15) is 12.1 Å². The maximum atomic E-state index is 13.6. The molecule has 0 saturated heterocycles. The third kappa shape index (κ3) is 4.78. The van der Waals surface area contributed by atoms with Crippen LogP contribution in [-0.4, -0.2) is 21.4 Å². The number of halogens is 2. The van der Waals surface area contributed by atoms with Crippen LogP contribution in [0.3, 0.4) is 0 Å². The molecule has 0 radical (unpaired) electrons. The molecule has 1 aromatic heterocycles. The Morgan fingerprint density at radius 1 is 1.22 bits per heavy atom. The van der Waals surface area contributed by atoms with Gasteiger partial charge in [-0.1, -0.05) is 40.2 Å². The van der Waals surface area contributed by atoms with Crippen LogP contribution in [0.4, 0.5) is 10.2 Å². The van der Waals surface area contributed by atoms with Crippen LogP contribution >= 0.6 is 27.7 Å². The summed E-state index contributed by atoms with van der Waals surface area (Å²) in [7, 11) is 1.80. The number of benzene rings is 2. The van der Waals surface area contributed by atoms with Gasteiger partial charge in [0.05, 0.1) is 5.69 Å². The molecule has 3 aromatic rings. The summed E-state index contributed by atoms with van der Waals surface area (Å²) in [5.74, 6) is 0.774. The van der Waals surface area contributed by atoms with Crippen molar-refractivity contribution in [3.05, 3.63) is 64.5 Å². The van der Waals surface area contributed by atoms with Gasteiger partial charge in [0.2, 0.25) is 5.91 Å². The molecule has 2 aromatic carbocycles. The first-order chi connectivity index (χ1) is 13.0. The molecule has 1 amide bonds. The van der Waals surface area contributed by atoms with Crippen LogP contribution in [-0.2, 0) is 11.8 Å². The van der Waals surface area contributed by atoms with Gasteiger partial charge in [-0.3, -0.25) is 9.48 Å². The Bertz CT molecular complexity index is 956. The smallest absolute Gasteiger partial charge is 0.226 e. The van der Waals surface area contributed by atoms with Crippen LogP contribution in [0.15, 0.2) is 57.9 Å². The lowest BCUT2D eigenvalue weighted by atomic mass is 10.1. The van der Waals surface area contributed by atoms with Crippen LogP contribution in [0.5, 0.6) is 0 Å². The van der Waals surface area contributed by atoms with Gasteiger partial charge in [-0.2, -0.15) is 5.10 Å². The van der Waals surface area contributed by atoms with E-state index in [0.29, 0.717) is 16.5 Å². The lowest BCUT2D eigenvalue weighted by Gasteiger charge is -2.09. The van der Waals surface area contributed by atoms with Gasteiger partial charge in [0, 0.05) is 34.2 Å². The molecular weight excluding hydrogens is 429 g/mol. The third-order valence-corrected chi connectivity index (χ3v) is 5.62. The van der Waals surface area contributed by atoms with Gasteiger partial charge < -0.3 is 5.32 Å². The molecule has 0 fully saturated rings. The first-order valence-corrected chi connectivity index (χ1v) is 10.2. The maximum absolute atomic E-state index is 13.6. The number of carbonyl (C=O) groups is 1. The predicted molar refractivity (Wildman–Crippen MR) is 111 cm³/mol. The van der Waals surface area contributed by atoms with Crippen LogP contribution < -0.4 is 5.32 Å². The molecular formula is C20H19BrFN3OS. The Kier molecular flexibility index (Phi) is 6.34. The number of aryl methyl sites for hydroxylation is 2. The Labute approximate surface area is 170 Å². The number of anilines is 1. The van der Waals surface area contributed by atoms with Gasteiger partial charge in [-0.15, -0.1) is 11.8 Å². The van der Waals surface area contributed by atoms with Crippen molar-refractivity contribution < 1.29 is 9.18 Å². The zero-order valence-corrected chi connectivity index (χ0v) is 17.4. The number of nitrogens with zero attached hydrogens (tertiary/aromatic N) is 2. The van der Waals surface area contributed by atoms with E-state index in [-0.39, 0.29) is 18.1 Å². The van der Waals surface area contributed by atoms with Gasteiger partial charge in [0.15, 0.2) is 0 Å². The summed E-state index contributed by atoms with van der Waals surface area (Å²) in [6, 6.07) is 14.5. The minimum atomic E-state index is -0.261.